The van der Waals surface area contributed by atoms with Crippen LogP contribution >= 0.6 is 11.8 Å². The van der Waals surface area contributed by atoms with Crippen LogP contribution in [-0.2, 0) is 12.8 Å². The Hall–Kier alpha value is -3.26. The largest absolute Gasteiger partial charge is 0.508 e. The molecular weight excluding hydrogens is 390 g/mol. The van der Waals surface area contributed by atoms with Crippen molar-refractivity contribution < 1.29 is 14.3 Å². The maximum Gasteiger partial charge on any atom is 0.336 e. The Balaban J connectivity index is 1.62. The number of phenols is 1. The lowest BCUT2D eigenvalue weighted by atomic mass is 10.1. The topological polar surface area (TPSA) is 90.4 Å². The first-order chi connectivity index (χ1) is 14.0. The number of hydrogen-bond acceptors (Lipinski definition) is 7. The zero-order valence-electron chi connectivity index (χ0n) is 16.2. The van der Waals surface area contributed by atoms with Crippen molar-refractivity contribution in [1.29, 1.82) is 0 Å². The highest BCUT2D eigenvalue weighted by molar-refractivity contribution is 7.98. The number of thioether (sulfide) groups is 1. The lowest BCUT2D eigenvalue weighted by Gasteiger charge is -2.08. The highest BCUT2D eigenvalue weighted by atomic mass is 32.2. The van der Waals surface area contributed by atoms with Gasteiger partial charge in [0.2, 0.25) is 0 Å². The zero-order valence-corrected chi connectivity index (χ0v) is 17.0. The highest BCUT2D eigenvalue weighted by Crippen LogP contribution is 2.31. The number of ether oxygens (including phenoxy) is 1. The number of methoxy groups -OCH3 is 1. The fraction of sp³-hybridized carbons (Fsp3) is 0.190. The van der Waals surface area contributed by atoms with Gasteiger partial charge in [-0.2, -0.15) is 0 Å². The lowest BCUT2D eigenvalue weighted by molar-refractivity contribution is 0.415. The number of benzene rings is 2. The van der Waals surface area contributed by atoms with Crippen LogP contribution < -0.4 is 10.4 Å². The van der Waals surface area contributed by atoms with Crippen LogP contribution in [0.2, 0.25) is 0 Å². The Morgan fingerprint density at radius 2 is 1.93 bits per heavy atom. The number of aromatic nitrogens is 3. The summed E-state index contributed by atoms with van der Waals surface area (Å²) in [4.78, 5) is 12.0. The van der Waals surface area contributed by atoms with Crippen molar-refractivity contribution in [2.45, 2.75) is 17.8 Å². The minimum Gasteiger partial charge on any atom is -0.508 e. The second-order valence-corrected chi connectivity index (χ2v) is 7.50. The van der Waals surface area contributed by atoms with Gasteiger partial charge in [-0.25, -0.2) is 4.79 Å². The molecule has 0 aliphatic heterocycles. The van der Waals surface area contributed by atoms with Crippen LogP contribution in [-0.4, -0.2) is 27.0 Å². The summed E-state index contributed by atoms with van der Waals surface area (Å²) in [7, 11) is 3.53. The number of aryl methyl sites for hydroxylation is 1. The fourth-order valence-corrected chi connectivity index (χ4v) is 4.01. The summed E-state index contributed by atoms with van der Waals surface area (Å²) >= 11 is 1.48. The molecule has 148 valence electrons. The SMILES string of the molecule is COc1ccc(-c2nnc(SCc3cc(=O)oc4c(C)c(O)ccc34)n2C)cc1. The van der Waals surface area contributed by atoms with Crippen LogP contribution in [0.3, 0.4) is 0 Å². The minimum absolute atomic E-state index is 0.0999. The molecule has 4 aromatic rings. The zero-order chi connectivity index (χ0) is 20.5. The molecule has 2 heterocycles. The third-order valence-electron chi connectivity index (χ3n) is 4.76. The number of aromatic hydroxyl groups is 1. The second kappa shape index (κ2) is 7.63. The molecule has 2 aromatic carbocycles. The maximum absolute atomic E-state index is 12.0. The first-order valence-electron chi connectivity index (χ1n) is 8.90. The van der Waals surface area contributed by atoms with Crippen LogP contribution in [0, 0.1) is 6.92 Å². The summed E-state index contributed by atoms with van der Waals surface area (Å²) in [5.74, 6) is 2.14. The quantitative estimate of drug-likeness (QED) is 0.395. The molecule has 0 aliphatic rings. The van der Waals surface area contributed by atoms with Crippen molar-refractivity contribution in [3.05, 3.63) is 64.0 Å². The Bertz CT molecular complexity index is 1250. The predicted molar refractivity (Wildman–Crippen MR) is 111 cm³/mol. The first kappa shape index (κ1) is 19.1. The molecular formula is C21H19N3O4S. The van der Waals surface area contributed by atoms with Crippen LogP contribution in [0.5, 0.6) is 11.5 Å². The van der Waals surface area contributed by atoms with E-state index in [-0.39, 0.29) is 5.75 Å². The molecule has 0 spiro atoms. The number of nitrogens with zero attached hydrogens (tertiary/aromatic N) is 3. The van der Waals surface area contributed by atoms with E-state index in [1.54, 1.807) is 26.2 Å². The van der Waals surface area contributed by atoms with Crippen molar-refractivity contribution in [3.63, 3.8) is 0 Å². The van der Waals surface area contributed by atoms with Gasteiger partial charge in [0.25, 0.3) is 0 Å². The molecule has 0 unspecified atom stereocenters. The lowest BCUT2D eigenvalue weighted by Crippen LogP contribution is -2.01. The van der Waals surface area contributed by atoms with Crippen molar-refractivity contribution in [3.8, 4) is 22.9 Å². The van der Waals surface area contributed by atoms with E-state index >= 15 is 0 Å². The van der Waals surface area contributed by atoms with Gasteiger partial charge in [0.05, 0.1) is 7.11 Å². The van der Waals surface area contributed by atoms with E-state index in [0.29, 0.717) is 16.9 Å². The number of fused-ring (bicyclic) bond motifs is 1. The molecule has 2 aromatic heterocycles. The Morgan fingerprint density at radius 1 is 1.17 bits per heavy atom. The molecule has 8 heteroatoms. The van der Waals surface area contributed by atoms with E-state index in [1.807, 2.05) is 35.9 Å². The Morgan fingerprint density at radius 3 is 2.66 bits per heavy atom. The van der Waals surface area contributed by atoms with Gasteiger partial charge >= 0.3 is 5.63 Å². The van der Waals surface area contributed by atoms with Crippen molar-refractivity contribution in [2.75, 3.05) is 7.11 Å². The van der Waals surface area contributed by atoms with Crippen LogP contribution in [0.25, 0.3) is 22.4 Å². The summed E-state index contributed by atoms with van der Waals surface area (Å²) in [5.41, 5.74) is 2.26. The molecule has 0 saturated carbocycles. The average molecular weight is 409 g/mol. The van der Waals surface area contributed by atoms with Gasteiger partial charge in [-0.05, 0) is 48.9 Å². The maximum atomic E-state index is 12.0. The number of phenolic OH excluding ortho intramolecular Hbond substituents is 1. The molecule has 1 N–H and O–H groups in total. The first-order valence-corrected chi connectivity index (χ1v) is 9.88. The summed E-state index contributed by atoms with van der Waals surface area (Å²) in [6, 6.07) is 12.5. The molecule has 4 rings (SSSR count). The van der Waals surface area contributed by atoms with Gasteiger partial charge in [0, 0.05) is 35.4 Å². The smallest absolute Gasteiger partial charge is 0.336 e. The summed E-state index contributed by atoms with van der Waals surface area (Å²) in [5, 5.41) is 20.0. The molecule has 0 radical (unpaired) electrons. The monoisotopic (exact) mass is 409 g/mol. The Labute approximate surface area is 171 Å². The second-order valence-electron chi connectivity index (χ2n) is 6.56. The van der Waals surface area contributed by atoms with E-state index in [1.165, 1.54) is 17.8 Å². The summed E-state index contributed by atoms with van der Waals surface area (Å²) in [6.45, 7) is 1.72. The molecule has 0 amide bonds. The van der Waals surface area contributed by atoms with Gasteiger partial charge in [-0.3, -0.25) is 0 Å². The van der Waals surface area contributed by atoms with E-state index in [9.17, 15) is 9.90 Å². The summed E-state index contributed by atoms with van der Waals surface area (Å²) < 4.78 is 12.4. The van der Waals surface area contributed by atoms with E-state index < -0.39 is 5.63 Å². The number of hydrogen-bond donors (Lipinski definition) is 1. The van der Waals surface area contributed by atoms with Gasteiger partial charge in [-0.1, -0.05) is 11.8 Å². The van der Waals surface area contributed by atoms with E-state index in [0.717, 1.165) is 33.2 Å². The minimum atomic E-state index is -0.446. The van der Waals surface area contributed by atoms with Crippen molar-refractivity contribution >= 4 is 22.7 Å². The van der Waals surface area contributed by atoms with Gasteiger partial charge in [0.1, 0.15) is 17.1 Å². The van der Waals surface area contributed by atoms with Crippen LogP contribution in [0.15, 0.2) is 56.8 Å². The van der Waals surface area contributed by atoms with Crippen LogP contribution in [0.1, 0.15) is 11.1 Å². The fourth-order valence-electron chi connectivity index (χ4n) is 3.11. The van der Waals surface area contributed by atoms with Gasteiger partial charge in [0.15, 0.2) is 11.0 Å². The molecule has 7 nitrogen and oxygen atoms in total. The van der Waals surface area contributed by atoms with Gasteiger partial charge < -0.3 is 18.8 Å². The normalized spacial score (nSPS) is 11.1. The molecule has 0 atom stereocenters. The third kappa shape index (κ3) is 3.58. The number of rotatable bonds is 5. The van der Waals surface area contributed by atoms with Crippen molar-refractivity contribution in [2.24, 2.45) is 7.05 Å². The molecule has 29 heavy (non-hydrogen) atoms. The highest BCUT2D eigenvalue weighted by Gasteiger charge is 2.14. The molecule has 0 fully saturated rings. The predicted octanol–water partition coefficient (Wildman–Crippen LogP) is 3.90. The van der Waals surface area contributed by atoms with Gasteiger partial charge in [-0.15, -0.1) is 10.2 Å². The molecule has 0 bridgehead atoms. The van der Waals surface area contributed by atoms with E-state index in [4.69, 9.17) is 9.15 Å². The average Bonchev–Trinajstić information content (AvgIpc) is 3.09. The van der Waals surface area contributed by atoms with Crippen LogP contribution in [0.4, 0.5) is 0 Å². The van der Waals surface area contributed by atoms with Crippen molar-refractivity contribution in [1.82, 2.24) is 14.8 Å². The standard InChI is InChI=1S/C21H19N3O4S/c1-12-17(25)9-8-16-14(10-18(26)28-19(12)16)11-29-21-23-22-20(24(21)2)13-4-6-15(27-3)7-5-13/h4-10,25H,11H2,1-3H3. The third-order valence-corrected chi connectivity index (χ3v) is 5.83. The molecule has 0 aliphatic carbocycles. The molecule has 0 saturated heterocycles. The Kier molecular flexibility index (Phi) is 5.02. The summed E-state index contributed by atoms with van der Waals surface area (Å²) in [6.07, 6.45) is 0. The van der Waals surface area contributed by atoms with E-state index in [2.05, 4.69) is 10.2 Å².